The molecule has 0 unspecified atom stereocenters. The van der Waals surface area contributed by atoms with Gasteiger partial charge in [0.05, 0.1) is 27.6 Å². The fourth-order valence-electron chi connectivity index (χ4n) is 7.69. The Morgan fingerprint density at radius 2 is 0.873 bits per heavy atom. The molecule has 0 radical (unpaired) electrons. The number of carbonyl (C=O) groups excluding carboxylic acids is 4. The van der Waals surface area contributed by atoms with Crippen LogP contribution in [0.1, 0.15) is 52.6 Å². The molecule has 0 bridgehead atoms. The molecule has 1 fully saturated rings. The van der Waals surface area contributed by atoms with E-state index in [4.69, 9.17) is 42.3 Å². The first-order chi connectivity index (χ1) is 34.8. The van der Waals surface area contributed by atoms with Crippen molar-refractivity contribution in [2.75, 3.05) is 6.61 Å². The standard InChI is InChI=1S/C57H44O14/c58-52(39-23-11-3-12-24-39)65-36-46-48(69-53(59)40-25-13-4-14-26-40)49(70-54(60)41-27-15-5-16-28-41)51(71-55(61)42-29-17-6-18-30-42)57(68-46)66-43-31-32-44-45(33-43)67-56(62)50(64-35-38-21-9-2-10-22-38)47(44)63-34-37-19-7-1-8-20-37/h1-33,46,48-49,51,57H,34-36H2/t46-,48+,49+,51-,57-/m1/s1. The van der Waals surface area contributed by atoms with Crippen LogP contribution in [-0.2, 0) is 36.9 Å². The first kappa shape index (κ1) is 47.1. The predicted molar refractivity (Wildman–Crippen MR) is 257 cm³/mol. The third-order valence-electron chi connectivity index (χ3n) is 11.2. The molecule has 0 spiro atoms. The fraction of sp³-hybridized carbons (Fsp3) is 0.140. The molecule has 7 aromatic carbocycles. The van der Waals surface area contributed by atoms with Gasteiger partial charge in [-0.3, -0.25) is 0 Å². The van der Waals surface area contributed by atoms with Crippen molar-refractivity contribution in [2.45, 2.75) is 43.9 Å². The van der Waals surface area contributed by atoms with Crippen LogP contribution in [0.2, 0.25) is 0 Å². The lowest BCUT2D eigenvalue weighted by molar-refractivity contribution is -0.275. The summed E-state index contributed by atoms with van der Waals surface area (Å²) in [4.78, 5) is 69.4. The Balaban J connectivity index is 1.12. The van der Waals surface area contributed by atoms with E-state index >= 15 is 0 Å². The van der Waals surface area contributed by atoms with Crippen molar-refractivity contribution in [1.82, 2.24) is 0 Å². The summed E-state index contributed by atoms with van der Waals surface area (Å²) in [6, 6.07) is 55.4. The number of carbonyl (C=O) groups is 4. The molecular formula is C57H44O14. The van der Waals surface area contributed by atoms with Gasteiger partial charge >= 0.3 is 29.5 Å². The van der Waals surface area contributed by atoms with E-state index in [-0.39, 0.29) is 58.3 Å². The summed E-state index contributed by atoms with van der Waals surface area (Å²) >= 11 is 0. The van der Waals surface area contributed by atoms with Crippen LogP contribution < -0.4 is 19.8 Å². The predicted octanol–water partition coefficient (Wildman–Crippen LogP) is 9.59. The molecule has 14 nitrogen and oxygen atoms in total. The van der Waals surface area contributed by atoms with Crippen LogP contribution in [0, 0.1) is 0 Å². The van der Waals surface area contributed by atoms with Gasteiger partial charge in [0.25, 0.3) is 0 Å². The monoisotopic (exact) mass is 952 g/mol. The zero-order valence-corrected chi connectivity index (χ0v) is 37.8. The van der Waals surface area contributed by atoms with Crippen molar-refractivity contribution in [3.05, 3.63) is 244 Å². The molecule has 9 rings (SSSR count). The molecule has 5 atom stereocenters. The largest absolute Gasteiger partial charge is 0.484 e. The fourth-order valence-corrected chi connectivity index (χ4v) is 7.69. The zero-order chi connectivity index (χ0) is 48.9. The van der Waals surface area contributed by atoms with E-state index in [1.54, 1.807) is 91.0 Å². The van der Waals surface area contributed by atoms with E-state index in [2.05, 4.69) is 0 Å². The SMILES string of the molecule is O=C(OC[C@H]1O[C@@H](Oc2ccc3c(OCc4ccccc4)c(OCc4ccccc4)c(=O)oc3c2)[C@H](OC(=O)c2ccccc2)[C@@H](OC(=O)c2ccccc2)[C@H]1OC(=O)c1ccccc1)c1ccccc1. The van der Waals surface area contributed by atoms with E-state index in [1.807, 2.05) is 60.7 Å². The van der Waals surface area contributed by atoms with Crippen molar-refractivity contribution in [1.29, 1.82) is 0 Å². The second-order valence-corrected chi connectivity index (χ2v) is 16.1. The Bertz CT molecular complexity index is 3130. The maximum atomic E-state index is 14.1. The van der Waals surface area contributed by atoms with Gasteiger partial charge in [0.15, 0.2) is 18.0 Å². The summed E-state index contributed by atoms with van der Waals surface area (Å²) in [6.07, 6.45) is -8.08. The maximum absolute atomic E-state index is 14.1. The highest BCUT2D eigenvalue weighted by atomic mass is 16.7. The number of benzene rings is 7. The summed E-state index contributed by atoms with van der Waals surface area (Å²) in [5.41, 5.74) is 1.40. The van der Waals surface area contributed by atoms with Gasteiger partial charge in [0.1, 0.15) is 37.3 Å². The van der Waals surface area contributed by atoms with Crippen molar-refractivity contribution < 1.29 is 61.5 Å². The molecule has 8 aromatic rings. The number of esters is 4. The van der Waals surface area contributed by atoms with Crippen LogP contribution in [0.3, 0.4) is 0 Å². The number of hydrogen-bond donors (Lipinski definition) is 0. The molecule has 0 aliphatic carbocycles. The van der Waals surface area contributed by atoms with E-state index in [9.17, 15) is 24.0 Å². The minimum Gasteiger partial charge on any atom is -0.484 e. The number of hydrogen-bond acceptors (Lipinski definition) is 14. The van der Waals surface area contributed by atoms with Gasteiger partial charge in [-0.15, -0.1) is 0 Å². The summed E-state index contributed by atoms with van der Waals surface area (Å²) < 4.78 is 55.6. The summed E-state index contributed by atoms with van der Waals surface area (Å²) in [7, 11) is 0. The minimum absolute atomic E-state index is 0.0197. The lowest BCUT2D eigenvalue weighted by Gasteiger charge is -2.44. The molecule has 0 saturated carbocycles. The van der Waals surface area contributed by atoms with E-state index in [1.165, 1.54) is 48.5 Å². The molecule has 2 heterocycles. The van der Waals surface area contributed by atoms with Crippen molar-refractivity contribution in [2.24, 2.45) is 0 Å². The molecule has 1 aliphatic rings. The topological polar surface area (TPSA) is 172 Å². The Morgan fingerprint density at radius 1 is 0.451 bits per heavy atom. The molecular weight excluding hydrogens is 909 g/mol. The average Bonchev–Trinajstić information content (AvgIpc) is 3.42. The average molecular weight is 953 g/mol. The van der Waals surface area contributed by atoms with Crippen LogP contribution >= 0.6 is 0 Å². The van der Waals surface area contributed by atoms with Crippen molar-refractivity contribution in [3.63, 3.8) is 0 Å². The molecule has 356 valence electrons. The third kappa shape index (κ3) is 11.6. The van der Waals surface area contributed by atoms with Gasteiger partial charge in [-0.05, 0) is 71.8 Å². The highest BCUT2D eigenvalue weighted by Gasteiger charge is 2.54. The van der Waals surface area contributed by atoms with Crippen LogP contribution in [0.15, 0.2) is 209 Å². The first-order valence-electron chi connectivity index (χ1n) is 22.5. The summed E-state index contributed by atoms with van der Waals surface area (Å²) in [5, 5.41) is 0.348. The Kier molecular flexibility index (Phi) is 14.9. The van der Waals surface area contributed by atoms with E-state index in [0.717, 1.165) is 11.1 Å². The summed E-state index contributed by atoms with van der Waals surface area (Å²) in [5.74, 6) is -3.36. The van der Waals surface area contributed by atoms with Crippen LogP contribution in [0.4, 0.5) is 0 Å². The highest BCUT2D eigenvalue weighted by Crippen LogP contribution is 2.38. The van der Waals surface area contributed by atoms with Crippen LogP contribution in [-0.4, -0.2) is 61.2 Å². The van der Waals surface area contributed by atoms with Gasteiger partial charge in [0, 0.05) is 6.07 Å². The molecule has 1 saturated heterocycles. The number of rotatable bonds is 17. The Morgan fingerprint density at radius 3 is 1.37 bits per heavy atom. The second-order valence-electron chi connectivity index (χ2n) is 16.1. The van der Waals surface area contributed by atoms with Gasteiger partial charge in [-0.2, -0.15) is 0 Å². The van der Waals surface area contributed by atoms with Crippen LogP contribution in [0.25, 0.3) is 11.0 Å². The highest BCUT2D eigenvalue weighted by molar-refractivity contribution is 5.92. The lowest BCUT2D eigenvalue weighted by atomic mass is 9.97. The van der Waals surface area contributed by atoms with Crippen molar-refractivity contribution >= 4 is 34.8 Å². The molecule has 1 aromatic heterocycles. The van der Waals surface area contributed by atoms with E-state index < -0.39 is 66.8 Å². The van der Waals surface area contributed by atoms with E-state index in [0.29, 0.717) is 5.39 Å². The molecule has 0 N–H and O–H groups in total. The quantitative estimate of drug-likeness (QED) is 0.0480. The Labute approximate surface area is 406 Å². The number of fused-ring (bicyclic) bond motifs is 1. The van der Waals surface area contributed by atoms with Gasteiger partial charge in [0.2, 0.25) is 18.1 Å². The lowest BCUT2D eigenvalue weighted by Crippen LogP contribution is -2.63. The van der Waals surface area contributed by atoms with Gasteiger partial charge in [-0.1, -0.05) is 133 Å². The first-order valence-corrected chi connectivity index (χ1v) is 22.5. The normalized spacial score (nSPS) is 17.3. The number of ether oxygens (including phenoxy) is 8. The van der Waals surface area contributed by atoms with Crippen molar-refractivity contribution in [3.8, 4) is 17.2 Å². The smallest absolute Gasteiger partial charge is 0.383 e. The summed E-state index contributed by atoms with van der Waals surface area (Å²) in [6.45, 7) is -0.444. The minimum atomic E-state index is -1.69. The molecule has 1 aliphatic heterocycles. The van der Waals surface area contributed by atoms with Gasteiger partial charge in [-0.25, -0.2) is 24.0 Å². The Hall–Kier alpha value is -9.01. The molecule has 71 heavy (non-hydrogen) atoms. The molecule has 14 heteroatoms. The third-order valence-corrected chi connectivity index (χ3v) is 11.2. The molecule has 0 amide bonds. The maximum Gasteiger partial charge on any atom is 0.383 e. The second kappa shape index (κ2) is 22.4. The van der Waals surface area contributed by atoms with Gasteiger partial charge < -0.3 is 42.3 Å². The van der Waals surface area contributed by atoms with Crippen LogP contribution in [0.5, 0.6) is 17.2 Å². The zero-order valence-electron chi connectivity index (χ0n) is 37.8.